The number of nitrogens with zero attached hydrogens (tertiary/aromatic N) is 2. The molecule has 1 atom stereocenters. The highest BCUT2D eigenvalue weighted by atomic mass is 15.1. The van der Waals surface area contributed by atoms with E-state index in [-0.39, 0.29) is 0 Å². The molecule has 0 saturated heterocycles. The molecule has 0 bridgehead atoms. The number of aromatic nitrogens is 2. The summed E-state index contributed by atoms with van der Waals surface area (Å²) in [6.07, 6.45) is 8.70. The van der Waals surface area contributed by atoms with E-state index in [1.54, 1.807) is 0 Å². The van der Waals surface area contributed by atoms with Crippen molar-refractivity contribution in [3.63, 3.8) is 0 Å². The van der Waals surface area contributed by atoms with Crippen molar-refractivity contribution in [3.8, 4) is 0 Å². The summed E-state index contributed by atoms with van der Waals surface area (Å²) in [7, 11) is 0. The molecular weight excluding hydrogens is 246 g/mol. The second kappa shape index (κ2) is 6.23. The van der Waals surface area contributed by atoms with Gasteiger partial charge in [0.1, 0.15) is 5.82 Å². The molecule has 106 valence electrons. The summed E-state index contributed by atoms with van der Waals surface area (Å²) < 4.78 is 2.25. The SMILES string of the molecule is CCCn1ccnc1CNC1CCc2ccccc2C1. The van der Waals surface area contributed by atoms with Gasteiger partial charge in [0.15, 0.2) is 0 Å². The lowest BCUT2D eigenvalue weighted by molar-refractivity contribution is 0.444. The second-order valence-electron chi connectivity index (χ2n) is 5.63. The predicted octanol–water partition coefficient (Wildman–Crippen LogP) is 2.94. The second-order valence-corrected chi connectivity index (χ2v) is 5.63. The molecule has 1 heterocycles. The van der Waals surface area contributed by atoms with Gasteiger partial charge in [-0.1, -0.05) is 31.2 Å². The number of hydrogen-bond donors (Lipinski definition) is 1. The number of nitrogens with one attached hydrogen (secondary N) is 1. The Balaban J connectivity index is 1.59. The number of aryl methyl sites for hydroxylation is 2. The minimum Gasteiger partial charge on any atom is -0.334 e. The van der Waals surface area contributed by atoms with Crippen molar-refractivity contribution in [2.24, 2.45) is 0 Å². The minimum absolute atomic E-state index is 0.580. The van der Waals surface area contributed by atoms with Gasteiger partial charge in [-0.05, 0) is 36.8 Å². The average molecular weight is 269 g/mol. The fourth-order valence-electron chi connectivity index (χ4n) is 3.06. The molecule has 1 aromatic heterocycles. The monoisotopic (exact) mass is 269 g/mol. The fourth-order valence-corrected chi connectivity index (χ4v) is 3.06. The van der Waals surface area contributed by atoms with E-state index in [4.69, 9.17) is 0 Å². The summed E-state index contributed by atoms with van der Waals surface area (Å²) in [6, 6.07) is 9.40. The molecule has 20 heavy (non-hydrogen) atoms. The highest BCUT2D eigenvalue weighted by Gasteiger charge is 2.18. The maximum atomic E-state index is 4.46. The molecule has 0 saturated carbocycles. The summed E-state index contributed by atoms with van der Waals surface area (Å²) in [6.45, 7) is 4.14. The van der Waals surface area contributed by atoms with E-state index in [2.05, 4.69) is 52.3 Å². The largest absolute Gasteiger partial charge is 0.334 e. The molecule has 0 aliphatic heterocycles. The number of imidazole rings is 1. The molecule has 1 aromatic carbocycles. The van der Waals surface area contributed by atoms with Gasteiger partial charge in [-0.3, -0.25) is 0 Å². The highest BCUT2D eigenvalue weighted by molar-refractivity contribution is 5.30. The minimum atomic E-state index is 0.580. The van der Waals surface area contributed by atoms with Gasteiger partial charge >= 0.3 is 0 Å². The first-order valence-electron chi connectivity index (χ1n) is 7.67. The zero-order chi connectivity index (χ0) is 13.8. The number of fused-ring (bicyclic) bond motifs is 1. The normalized spacial score (nSPS) is 17.9. The highest BCUT2D eigenvalue weighted by Crippen LogP contribution is 2.21. The van der Waals surface area contributed by atoms with E-state index in [1.807, 2.05) is 6.20 Å². The third kappa shape index (κ3) is 2.93. The van der Waals surface area contributed by atoms with Crippen LogP contribution in [-0.4, -0.2) is 15.6 Å². The molecule has 3 nitrogen and oxygen atoms in total. The lowest BCUT2D eigenvalue weighted by atomic mass is 9.88. The summed E-state index contributed by atoms with van der Waals surface area (Å²) in [5.74, 6) is 1.16. The van der Waals surface area contributed by atoms with E-state index in [0.29, 0.717) is 6.04 Å². The first-order valence-corrected chi connectivity index (χ1v) is 7.67. The van der Waals surface area contributed by atoms with Crippen molar-refractivity contribution in [3.05, 3.63) is 53.6 Å². The molecule has 3 heteroatoms. The molecule has 1 aliphatic carbocycles. The number of hydrogen-bond acceptors (Lipinski definition) is 2. The van der Waals surface area contributed by atoms with E-state index in [1.165, 1.54) is 24.0 Å². The first kappa shape index (κ1) is 13.4. The van der Waals surface area contributed by atoms with Crippen LogP contribution >= 0.6 is 0 Å². The van der Waals surface area contributed by atoms with Gasteiger partial charge in [-0.25, -0.2) is 4.98 Å². The Hall–Kier alpha value is -1.61. The Morgan fingerprint density at radius 2 is 2.15 bits per heavy atom. The summed E-state index contributed by atoms with van der Waals surface area (Å²) in [5.41, 5.74) is 3.03. The van der Waals surface area contributed by atoms with Gasteiger partial charge in [0.05, 0.1) is 6.54 Å². The molecule has 0 spiro atoms. The van der Waals surface area contributed by atoms with Gasteiger partial charge < -0.3 is 9.88 Å². The molecule has 2 aromatic rings. The molecule has 3 rings (SSSR count). The summed E-state index contributed by atoms with van der Waals surface area (Å²) in [5, 5.41) is 3.68. The van der Waals surface area contributed by atoms with Crippen molar-refractivity contribution in [2.75, 3.05) is 0 Å². The molecule has 0 radical (unpaired) electrons. The zero-order valence-corrected chi connectivity index (χ0v) is 12.2. The Bertz CT molecular complexity index is 559. The lowest BCUT2D eigenvalue weighted by Gasteiger charge is -2.25. The maximum Gasteiger partial charge on any atom is 0.122 e. The molecule has 1 aliphatic rings. The van der Waals surface area contributed by atoms with Crippen LogP contribution in [0.3, 0.4) is 0 Å². The molecule has 0 fully saturated rings. The Labute approximate surface area is 121 Å². The van der Waals surface area contributed by atoms with Crippen LogP contribution in [-0.2, 0) is 25.9 Å². The average Bonchev–Trinajstić information content (AvgIpc) is 2.93. The van der Waals surface area contributed by atoms with E-state index >= 15 is 0 Å². The number of rotatable bonds is 5. The smallest absolute Gasteiger partial charge is 0.122 e. The van der Waals surface area contributed by atoms with Gasteiger partial charge in [0.2, 0.25) is 0 Å². The van der Waals surface area contributed by atoms with Gasteiger partial charge in [-0.15, -0.1) is 0 Å². The Morgan fingerprint density at radius 3 is 3.00 bits per heavy atom. The fraction of sp³-hybridized carbons (Fsp3) is 0.471. The van der Waals surface area contributed by atoms with E-state index < -0.39 is 0 Å². The van der Waals surface area contributed by atoms with Crippen LogP contribution in [0.15, 0.2) is 36.7 Å². The van der Waals surface area contributed by atoms with Crippen molar-refractivity contribution >= 4 is 0 Å². The van der Waals surface area contributed by atoms with Crippen molar-refractivity contribution < 1.29 is 0 Å². The Kier molecular flexibility index (Phi) is 4.16. The van der Waals surface area contributed by atoms with E-state index in [0.717, 1.165) is 31.8 Å². The van der Waals surface area contributed by atoms with Crippen LogP contribution < -0.4 is 5.32 Å². The van der Waals surface area contributed by atoms with Crippen LogP contribution in [0.2, 0.25) is 0 Å². The van der Waals surface area contributed by atoms with Gasteiger partial charge in [0, 0.05) is 25.0 Å². The van der Waals surface area contributed by atoms with Crippen LogP contribution in [0.5, 0.6) is 0 Å². The third-order valence-electron chi connectivity index (χ3n) is 4.16. The molecule has 1 N–H and O–H groups in total. The number of benzene rings is 1. The molecule has 1 unspecified atom stereocenters. The van der Waals surface area contributed by atoms with Gasteiger partial charge in [0.25, 0.3) is 0 Å². The van der Waals surface area contributed by atoms with Crippen LogP contribution in [0.4, 0.5) is 0 Å². The van der Waals surface area contributed by atoms with Crippen LogP contribution in [0.1, 0.15) is 36.7 Å². The quantitative estimate of drug-likeness (QED) is 0.904. The van der Waals surface area contributed by atoms with Crippen molar-refractivity contribution in [2.45, 2.75) is 51.7 Å². The van der Waals surface area contributed by atoms with E-state index in [9.17, 15) is 0 Å². The van der Waals surface area contributed by atoms with Crippen molar-refractivity contribution in [1.82, 2.24) is 14.9 Å². The molecule has 0 amide bonds. The third-order valence-corrected chi connectivity index (χ3v) is 4.16. The maximum absolute atomic E-state index is 4.46. The lowest BCUT2D eigenvalue weighted by Crippen LogP contribution is -2.34. The van der Waals surface area contributed by atoms with Crippen LogP contribution in [0.25, 0.3) is 0 Å². The predicted molar refractivity (Wildman–Crippen MR) is 81.6 cm³/mol. The van der Waals surface area contributed by atoms with Gasteiger partial charge in [-0.2, -0.15) is 0 Å². The standard InChI is InChI=1S/C17H23N3/c1-2-10-20-11-9-18-17(20)13-19-16-8-7-14-5-3-4-6-15(14)12-16/h3-6,9,11,16,19H,2,7-8,10,12-13H2,1H3. The summed E-state index contributed by atoms with van der Waals surface area (Å²) in [4.78, 5) is 4.46. The Morgan fingerprint density at radius 1 is 1.30 bits per heavy atom. The summed E-state index contributed by atoms with van der Waals surface area (Å²) >= 11 is 0. The van der Waals surface area contributed by atoms with Crippen molar-refractivity contribution in [1.29, 1.82) is 0 Å². The molecular formula is C17H23N3. The first-order chi connectivity index (χ1) is 9.86. The topological polar surface area (TPSA) is 29.9 Å². The zero-order valence-electron chi connectivity index (χ0n) is 12.2. The van der Waals surface area contributed by atoms with Crippen LogP contribution in [0, 0.1) is 0 Å².